The summed E-state index contributed by atoms with van der Waals surface area (Å²) in [6, 6.07) is 12.4. The minimum Gasteiger partial charge on any atom is -0.488 e. The van der Waals surface area contributed by atoms with E-state index in [0.717, 1.165) is 68.3 Å². The molecular formula is C46H50N8O7. The van der Waals surface area contributed by atoms with Gasteiger partial charge in [0, 0.05) is 23.5 Å². The second-order valence-corrected chi connectivity index (χ2v) is 17.3. The first kappa shape index (κ1) is 39.9. The SMILES string of the molecule is COC(=O)NC(C(=O)N1CC2C#CC2C1c1ncc(-c2ccc3c(c2)COc2cc4c(ccc5[nH]c(C6CCC(C)N6C(=O)C(NC(=O)OC)C(C)C)nc54)cc2-3)[nH]1)C(C)C. The van der Waals surface area contributed by atoms with Gasteiger partial charge in [-0.3, -0.25) is 9.59 Å². The summed E-state index contributed by atoms with van der Waals surface area (Å²) in [6.07, 6.45) is 2.07. The van der Waals surface area contributed by atoms with Crippen LogP contribution in [0.25, 0.3) is 44.2 Å². The fraction of sp³-hybridized carbons (Fsp3) is 0.435. The summed E-state index contributed by atoms with van der Waals surface area (Å²) in [5.41, 5.74) is 6.50. The van der Waals surface area contributed by atoms with Crippen molar-refractivity contribution in [1.29, 1.82) is 0 Å². The molecule has 7 atom stereocenters. The predicted molar refractivity (Wildman–Crippen MR) is 227 cm³/mol. The number of rotatable bonds is 9. The first-order valence-corrected chi connectivity index (χ1v) is 21.0. The Labute approximate surface area is 353 Å². The molecule has 4 amide bonds. The number of aromatic amines is 2. The molecule has 61 heavy (non-hydrogen) atoms. The van der Waals surface area contributed by atoms with Crippen molar-refractivity contribution < 1.29 is 33.4 Å². The Morgan fingerprint density at radius 2 is 1.61 bits per heavy atom. The number of H-pyrrole nitrogens is 2. The standard InChI is InChI=1S/C46H50N8O7/c1-22(2)37(51-45(57)59-6)43(55)53-20-27-10-13-30(27)40(53)42-47-19-34(49-42)26-9-12-29-28(16-26)21-61-36-18-31-25(17-32(29)36)11-14-33-39(31)50-41(48-33)35-15-8-24(5)54(35)44(56)38(23(3)4)52-46(58)60-7/h9,11-12,14,16-19,22-24,27,30,35,37-38,40H,8,15,20-21H2,1-7H3,(H,47,49)(H,48,50)(H,51,57)(H,52,58). The first-order valence-electron chi connectivity index (χ1n) is 21.0. The van der Waals surface area contributed by atoms with Crippen LogP contribution in [0.1, 0.15) is 76.8 Å². The van der Waals surface area contributed by atoms with Gasteiger partial charge in [-0.25, -0.2) is 19.6 Å². The number of aromatic nitrogens is 4. The Morgan fingerprint density at radius 3 is 2.30 bits per heavy atom. The average Bonchev–Trinajstić information content (AvgIpc) is 4.04. The van der Waals surface area contributed by atoms with Crippen LogP contribution in [0.3, 0.4) is 0 Å². The molecular weight excluding hydrogens is 777 g/mol. The Morgan fingerprint density at radius 1 is 0.869 bits per heavy atom. The van der Waals surface area contributed by atoms with Crippen LogP contribution in [0.4, 0.5) is 9.59 Å². The lowest BCUT2D eigenvalue weighted by molar-refractivity contribution is -0.137. The summed E-state index contributed by atoms with van der Waals surface area (Å²) < 4.78 is 16.1. The molecule has 15 nitrogen and oxygen atoms in total. The summed E-state index contributed by atoms with van der Waals surface area (Å²) in [4.78, 5) is 72.7. The van der Waals surface area contributed by atoms with Crippen molar-refractivity contribution in [1.82, 2.24) is 40.4 Å². The van der Waals surface area contributed by atoms with Crippen molar-refractivity contribution in [3.05, 3.63) is 65.9 Å². The van der Waals surface area contributed by atoms with Gasteiger partial charge in [0.1, 0.15) is 42.1 Å². The molecule has 2 fully saturated rings. The predicted octanol–water partition coefficient (Wildman–Crippen LogP) is 6.61. The van der Waals surface area contributed by atoms with Gasteiger partial charge in [-0.05, 0) is 77.9 Å². The highest BCUT2D eigenvalue weighted by atomic mass is 16.5. The van der Waals surface area contributed by atoms with E-state index in [-0.39, 0.29) is 53.6 Å². The van der Waals surface area contributed by atoms with Crippen LogP contribution >= 0.6 is 0 Å². The van der Waals surface area contributed by atoms with E-state index in [1.54, 1.807) is 11.1 Å². The van der Waals surface area contributed by atoms with Crippen LogP contribution in [-0.4, -0.2) is 92.6 Å². The second kappa shape index (κ2) is 15.5. The molecule has 4 aliphatic rings. The summed E-state index contributed by atoms with van der Waals surface area (Å²) in [7, 11) is 2.58. The van der Waals surface area contributed by atoms with Crippen molar-refractivity contribution in [2.24, 2.45) is 23.7 Å². The van der Waals surface area contributed by atoms with Crippen molar-refractivity contribution >= 4 is 45.8 Å². The molecule has 9 rings (SSSR count). The van der Waals surface area contributed by atoms with E-state index < -0.39 is 24.3 Å². The molecule has 5 heterocycles. The number of hydrogen-bond donors (Lipinski definition) is 4. The number of ether oxygens (including phenoxy) is 3. The summed E-state index contributed by atoms with van der Waals surface area (Å²) >= 11 is 0. The zero-order valence-corrected chi connectivity index (χ0v) is 35.3. The fourth-order valence-corrected chi connectivity index (χ4v) is 9.45. The van der Waals surface area contributed by atoms with Crippen molar-refractivity contribution in [2.45, 2.75) is 84.3 Å². The lowest BCUT2D eigenvalue weighted by atomic mass is 9.84. The molecule has 2 saturated heterocycles. The van der Waals surface area contributed by atoms with E-state index in [1.807, 2.05) is 45.6 Å². The largest absolute Gasteiger partial charge is 0.488 e. The van der Waals surface area contributed by atoms with Gasteiger partial charge in [-0.2, -0.15) is 0 Å². The fourth-order valence-electron chi connectivity index (χ4n) is 9.45. The number of likely N-dealkylation sites (tertiary alicyclic amines) is 2. The van der Waals surface area contributed by atoms with Crippen LogP contribution in [-0.2, 0) is 25.7 Å². The molecule has 316 valence electrons. The molecule has 2 aromatic heterocycles. The van der Waals surface area contributed by atoms with Gasteiger partial charge < -0.3 is 44.6 Å². The molecule has 0 spiro atoms. The quantitative estimate of drug-likeness (QED) is 0.119. The van der Waals surface area contributed by atoms with E-state index in [0.29, 0.717) is 24.8 Å². The highest BCUT2D eigenvalue weighted by Gasteiger charge is 2.50. The highest BCUT2D eigenvalue weighted by molar-refractivity contribution is 6.07. The van der Waals surface area contributed by atoms with Gasteiger partial charge in [0.25, 0.3) is 0 Å². The molecule has 1 aliphatic carbocycles. The van der Waals surface area contributed by atoms with Crippen LogP contribution in [0.15, 0.2) is 48.7 Å². The number of amides is 4. The number of methoxy groups -OCH3 is 2. The topological polar surface area (TPSA) is 184 Å². The summed E-state index contributed by atoms with van der Waals surface area (Å²) in [5.74, 6) is 7.94. The minimum absolute atomic E-state index is 0.0291. The van der Waals surface area contributed by atoms with Crippen molar-refractivity contribution in [3.63, 3.8) is 0 Å². The molecule has 3 aromatic carbocycles. The monoisotopic (exact) mass is 826 g/mol. The molecule has 0 bridgehead atoms. The number of nitrogens with one attached hydrogen (secondary N) is 4. The number of benzene rings is 3. The maximum atomic E-state index is 14.0. The zero-order valence-electron chi connectivity index (χ0n) is 35.3. The van der Waals surface area contributed by atoms with Crippen LogP contribution in [0.2, 0.25) is 0 Å². The lowest BCUT2D eigenvalue weighted by Gasteiger charge is -2.32. The number of carbonyl (C=O) groups is 4. The molecule has 7 unspecified atom stereocenters. The van der Waals surface area contributed by atoms with E-state index in [2.05, 4.69) is 68.8 Å². The highest BCUT2D eigenvalue weighted by Crippen LogP contribution is 2.46. The van der Waals surface area contributed by atoms with E-state index in [4.69, 9.17) is 24.2 Å². The normalized spacial score (nSPS) is 22.1. The van der Waals surface area contributed by atoms with Crippen LogP contribution in [0, 0.1) is 35.5 Å². The number of imidazole rings is 2. The number of nitrogens with zero attached hydrogens (tertiary/aromatic N) is 4. The third-order valence-electron chi connectivity index (χ3n) is 12.8. The maximum Gasteiger partial charge on any atom is 0.407 e. The molecule has 15 heteroatoms. The van der Waals surface area contributed by atoms with Gasteiger partial charge in [-0.1, -0.05) is 57.7 Å². The molecule has 3 aliphatic heterocycles. The zero-order chi connectivity index (χ0) is 42.9. The smallest absolute Gasteiger partial charge is 0.407 e. The first-order chi connectivity index (χ1) is 29.3. The minimum atomic E-state index is -0.753. The lowest BCUT2D eigenvalue weighted by Crippen LogP contribution is -2.52. The van der Waals surface area contributed by atoms with E-state index >= 15 is 0 Å². The van der Waals surface area contributed by atoms with Crippen LogP contribution < -0.4 is 15.4 Å². The van der Waals surface area contributed by atoms with Crippen molar-refractivity contribution in [3.8, 4) is 40.0 Å². The molecule has 0 radical (unpaired) electrons. The summed E-state index contributed by atoms with van der Waals surface area (Å²) in [5, 5.41) is 7.40. The Bertz CT molecular complexity index is 2660. The Balaban J connectivity index is 0.977. The Hall–Kier alpha value is -6.56. The summed E-state index contributed by atoms with van der Waals surface area (Å²) in [6.45, 7) is 10.5. The molecule has 5 aromatic rings. The third-order valence-corrected chi connectivity index (χ3v) is 12.8. The Kier molecular flexibility index (Phi) is 10.1. The van der Waals surface area contributed by atoms with Gasteiger partial charge in [0.2, 0.25) is 11.8 Å². The number of carbonyl (C=O) groups excluding carboxylic acids is 4. The number of alkyl carbamates (subject to hydrolysis) is 2. The number of hydrogen-bond acceptors (Lipinski definition) is 9. The van der Waals surface area contributed by atoms with Crippen molar-refractivity contribution in [2.75, 3.05) is 20.8 Å². The average molecular weight is 827 g/mol. The van der Waals surface area contributed by atoms with E-state index in [1.165, 1.54) is 14.2 Å². The molecule has 0 saturated carbocycles. The van der Waals surface area contributed by atoms with Crippen LogP contribution in [0.5, 0.6) is 5.75 Å². The number of fused-ring (bicyclic) bond motifs is 7. The third kappa shape index (κ3) is 6.87. The van der Waals surface area contributed by atoms with E-state index in [9.17, 15) is 19.2 Å². The van der Waals surface area contributed by atoms with Gasteiger partial charge >= 0.3 is 12.2 Å². The molecule has 4 N–H and O–H groups in total. The van der Waals surface area contributed by atoms with Gasteiger partial charge in [-0.15, -0.1) is 0 Å². The van der Waals surface area contributed by atoms with Gasteiger partial charge in [0.15, 0.2) is 0 Å². The second-order valence-electron chi connectivity index (χ2n) is 17.3. The maximum absolute atomic E-state index is 14.0. The van der Waals surface area contributed by atoms with Gasteiger partial charge in [0.05, 0.1) is 55.0 Å².